The number of carbonyl (C=O) groups excluding carboxylic acids is 6. The first-order valence-electron chi connectivity index (χ1n) is 22.3. The average Bonchev–Trinajstić information content (AvgIpc) is 3.27. The molecule has 1 aliphatic carbocycles. The second kappa shape index (κ2) is 28.9. The van der Waals surface area contributed by atoms with Gasteiger partial charge in [-0.15, -0.1) is 0 Å². The summed E-state index contributed by atoms with van der Waals surface area (Å²) in [4.78, 5) is 89.9. The maximum absolute atomic E-state index is 14.0. The first-order valence-corrected chi connectivity index (χ1v) is 24.8. The van der Waals surface area contributed by atoms with Crippen molar-refractivity contribution in [3.8, 4) is 0 Å². The van der Waals surface area contributed by atoms with E-state index in [1.54, 1.807) is 26.0 Å². The third-order valence-electron chi connectivity index (χ3n) is 11.6. The van der Waals surface area contributed by atoms with Gasteiger partial charge in [0.1, 0.15) is 30.5 Å². The van der Waals surface area contributed by atoms with Gasteiger partial charge in [-0.05, 0) is 63.4 Å². The summed E-state index contributed by atoms with van der Waals surface area (Å²) in [6, 6.07) is -1.27. The number of primary amides is 1. The Morgan fingerprint density at radius 2 is 1.64 bits per heavy atom. The number of carbonyl (C=O) groups is 7. The van der Waals surface area contributed by atoms with Crippen LogP contribution in [0.1, 0.15) is 87.0 Å². The number of fused-ring (bicyclic) bond motifs is 2. The van der Waals surface area contributed by atoms with Crippen LogP contribution in [0.2, 0.25) is 0 Å². The number of carboxylic acid groups (broad SMARTS) is 1. The van der Waals surface area contributed by atoms with Crippen LogP contribution >= 0.6 is 21.6 Å². The number of Topliss-reactive ketones (excluding diaryl/α,β-unsaturated/α-hetero) is 1. The summed E-state index contributed by atoms with van der Waals surface area (Å²) < 4.78 is 5.44. The highest BCUT2D eigenvalue weighted by Gasteiger charge is 2.33. The zero-order valence-electron chi connectivity index (χ0n) is 39.2. The monoisotopic (exact) mass is 982 g/mol. The minimum absolute atomic E-state index is 0.0137. The molecule has 2 aliphatic rings. The minimum Gasteiger partial charge on any atom is -0.480 e. The second-order valence-electron chi connectivity index (χ2n) is 17.5. The fourth-order valence-corrected chi connectivity index (χ4v) is 9.84. The van der Waals surface area contributed by atoms with E-state index in [1.165, 1.54) is 34.6 Å². The number of ether oxygens (including phenoxy) is 1. The molecular formula is C46H70N4O15S2. The zero-order valence-corrected chi connectivity index (χ0v) is 40.8. The van der Waals surface area contributed by atoms with Crippen LogP contribution in [0.5, 0.6) is 0 Å². The largest absolute Gasteiger partial charge is 0.480 e. The molecule has 0 fully saturated rings. The van der Waals surface area contributed by atoms with Gasteiger partial charge in [0, 0.05) is 65.0 Å². The van der Waals surface area contributed by atoms with Crippen LogP contribution in [0.25, 0.3) is 0 Å². The lowest BCUT2D eigenvalue weighted by Gasteiger charge is -2.28. The summed E-state index contributed by atoms with van der Waals surface area (Å²) in [5, 5.41) is 76.5. The van der Waals surface area contributed by atoms with Crippen LogP contribution in [0.4, 0.5) is 4.79 Å². The number of aliphatic carboxylic acids is 1. The summed E-state index contributed by atoms with van der Waals surface area (Å²) in [6.07, 6.45) is -0.611. The van der Waals surface area contributed by atoms with Gasteiger partial charge in [0.05, 0.1) is 24.5 Å². The maximum Gasteiger partial charge on any atom is 0.405 e. The van der Waals surface area contributed by atoms with Crippen molar-refractivity contribution in [2.45, 2.75) is 130 Å². The number of amides is 4. The molecule has 2 rings (SSSR count). The predicted octanol–water partition coefficient (Wildman–Crippen LogP) is 1.75. The molecule has 12 N–H and O–H groups in total. The molecule has 0 aromatic carbocycles. The zero-order chi connectivity index (χ0) is 50.7. The highest BCUT2D eigenvalue weighted by Crippen LogP contribution is 2.33. The van der Waals surface area contributed by atoms with E-state index in [-0.39, 0.29) is 72.0 Å². The molecule has 12 atom stereocenters. The van der Waals surface area contributed by atoms with E-state index in [0.717, 1.165) is 6.08 Å². The average molecular weight is 983 g/mol. The molecule has 0 saturated carbocycles. The normalized spacial score (nSPS) is 27.1. The van der Waals surface area contributed by atoms with Crippen LogP contribution < -0.4 is 21.7 Å². The van der Waals surface area contributed by atoms with Crippen LogP contribution in [-0.4, -0.2) is 144 Å². The van der Waals surface area contributed by atoms with Crippen molar-refractivity contribution in [3.63, 3.8) is 0 Å². The van der Waals surface area contributed by atoms with Gasteiger partial charge < -0.3 is 62.2 Å². The summed E-state index contributed by atoms with van der Waals surface area (Å²) in [6.45, 7) is 11.0. The molecule has 0 spiro atoms. The van der Waals surface area contributed by atoms with Gasteiger partial charge in [-0.1, -0.05) is 80.5 Å². The number of rotatable bonds is 20. The fourth-order valence-electron chi connectivity index (χ4n) is 7.60. The van der Waals surface area contributed by atoms with E-state index >= 15 is 0 Å². The molecule has 376 valence electrons. The number of allylic oxidation sites excluding steroid dienone is 5. The van der Waals surface area contributed by atoms with E-state index in [2.05, 4.69) is 16.0 Å². The third kappa shape index (κ3) is 19.3. The van der Waals surface area contributed by atoms with Crippen molar-refractivity contribution in [2.24, 2.45) is 35.3 Å². The van der Waals surface area contributed by atoms with Crippen LogP contribution in [0.15, 0.2) is 58.4 Å². The van der Waals surface area contributed by atoms with Crippen molar-refractivity contribution in [3.05, 3.63) is 58.4 Å². The smallest absolute Gasteiger partial charge is 0.405 e. The Morgan fingerprint density at radius 1 is 0.985 bits per heavy atom. The van der Waals surface area contributed by atoms with Crippen molar-refractivity contribution < 1.29 is 74.0 Å². The van der Waals surface area contributed by atoms with Crippen LogP contribution in [0.3, 0.4) is 0 Å². The van der Waals surface area contributed by atoms with Gasteiger partial charge >= 0.3 is 12.1 Å². The van der Waals surface area contributed by atoms with E-state index in [0.29, 0.717) is 29.7 Å². The molecule has 1 heterocycles. The van der Waals surface area contributed by atoms with Crippen molar-refractivity contribution in [2.75, 3.05) is 24.7 Å². The van der Waals surface area contributed by atoms with Crippen LogP contribution in [0, 0.1) is 29.6 Å². The Balaban J connectivity index is 2.10. The third-order valence-corrected chi connectivity index (χ3v) is 14.1. The van der Waals surface area contributed by atoms with E-state index in [9.17, 15) is 64.2 Å². The molecule has 21 heteroatoms. The lowest BCUT2D eigenvalue weighted by Crippen LogP contribution is -2.49. The number of ketones is 2. The topological polar surface area (TPSA) is 332 Å². The summed E-state index contributed by atoms with van der Waals surface area (Å²) in [7, 11) is 2.50. The molecule has 67 heavy (non-hydrogen) atoms. The first-order chi connectivity index (χ1) is 31.4. The maximum atomic E-state index is 14.0. The molecular weight excluding hydrogens is 913 g/mol. The van der Waals surface area contributed by atoms with E-state index in [1.807, 2.05) is 33.8 Å². The molecule has 1 aliphatic heterocycles. The number of hydrogen-bond acceptors (Lipinski definition) is 16. The molecule has 0 unspecified atom stereocenters. The highest BCUT2D eigenvalue weighted by molar-refractivity contribution is 8.76. The SMILES string of the molecule is C/C1=C\C=C/[C@H](C)[C@@H](OC(N)=O)/C(C)=C/[C@H](C)[C@@H](O)[C@@H](C)C[C@H](C)CC2=C(CCCSSC[C@H](NC(=O)[C@@H](C)CCC(=O)NC[C@H](O)[C@@H](O)[C@H](O)[C@H](O)CO)C(=O)O)C(=O)C=C(NC1=O)C2=O. The Bertz CT molecular complexity index is 1920. The van der Waals surface area contributed by atoms with Gasteiger partial charge in [-0.2, -0.15) is 0 Å². The van der Waals surface area contributed by atoms with Crippen molar-refractivity contribution >= 4 is 62.9 Å². The quantitative estimate of drug-likeness (QED) is 0.0358. The summed E-state index contributed by atoms with van der Waals surface area (Å²) >= 11 is 0. The minimum atomic E-state index is -1.86. The lowest BCUT2D eigenvalue weighted by molar-refractivity contribution is -0.141. The Morgan fingerprint density at radius 3 is 2.27 bits per heavy atom. The molecule has 0 aromatic rings. The van der Waals surface area contributed by atoms with Gasteiger partial charge in [0.25, 0.3) is 5.91 Å². The molecule has 4 amide bonds. The van der Waals surface area contributed by atoms with Gasteiger partial charge in [0.2, 0.25) is 17.6 Å². The van der Waals surface area contributed by atoms with Gasteiger partial charge in [-0.25, -0.2) is 9.59 Å². The van der Waals surface area contributed by atoms with Crippen molar-refractivity contribution in [1.82, 2.24) is 16.0 Å². The molecule has 0 radical (unpaired) electrons. The highest BCUT2D eigenvalue weighted by atomic mass is 33.1. The Hall–Kier alpha value is -4.35. The number of nitrogens with two attached hydrogens (primary N) is 1. The molecule has 2 bridgehead atoms. The molecule has 0 saturated heterocycles. The number of nitrogens with one attached hydrogen (secondary N) is 3. The number of carboxylic acids is 1. The number of aliphatic hydroxyl groups is 6. The predicted molar refractivity (Wildman–Crippen MR) is 253 cm³/mol. The van der Waals surface area contributed by atoms with E-state index < -0.39 is 103 Å². The van der Waals surface area contributed by atoms with Crippen molar-refractivity contribution in [1.29, 1.82) is 0 Å². The van der Waals surface area contributed by atoms with Crippen LogP contribution in [-0.2, 0) is 33.5 Å². The van der Waals surface area contributed by atoms with Gasteiger partial charge in [0.15, 0.2) is 5.78 Å². The summed E-state index contributed by atoms with van der Waals surface area (Å²) in [5.41, 5.74) is 6.72. The molecule has 19 nitrogen and oxygen atoms in total. The second-order valence-corrected chi connectivity index (χ2v) is 20.2. The van der Waals surface area contributed by atoms with Gasteiger partial charge in [-0.3, -0.25) is 24.0 Å². The number of aliphatic hydroxyl groups excluding tert-OH is 6. The standard InChI is InChI=1S/C46H70N4O15S2/c1-23-16-27(5)38(56)28(6)18-29(7)42(65-46(47)64)24(2)10-8-11-25(3)43(60)49-32-19-34(52)30(31(17-23)39(32)57)12-9-15-66-67-22-33(45(62)63)50-44(61)26(4)13-14-37(55)48-20-35(53)40(58)41(59)36(54)21-51/h8,10-11,18-19,23-24,26-28,33,35-36,38,40-42,51,53-54,56,58-59H,9,12-17,20-22H2,1-7H3,(H2,47,64)(H,48,55)(H,49,60)(H,50,61)(H,62,63)/b10-8-,25-11+,29-18+/t23-,24-,26-,27-,28-,33-,35-,36+,38-,40+,41+,42+/m0/s1. The fraction of sp³-hybridized carbons (Fsp3) is 0.630. The lowest BCUT2D eigenvalue weighted by atomic mass is 9.80. The van der Waals surface area contributed by atoms with E-state index in [4.69, 9.17) is 15.6 Å². The Kier molecular flexibility index (Phi) is 25.3. The Labute approximate surface area is 399 Å². The molecule has 0 aromatic heterocycles. The first kappa shape index (κ1) is 58.8. The summed E-state index contributed by atoms with van der Waals surface area (Å²) in [5.74, 6) is -5.52. The number of hydrogen-bond donors (Lipinski definition) is 11.